The molecule has 2 heterocycles. The maximum absolute atomic E-state index is 12.6. The van der Waals surface area contributed by atoms with Crippen LogP contribution in [0.3, 0.4) is 0 Å². The average Bonchev–Trinajstić information content (AvgIpc) is 2.56. The van der Waals surface area contributed by atoms with Crippen molar-refractivity contribution in [2.75, 3.05) is 33.2 Å². The summed E-state index contributed by atoms with van der Waals surface area (Å²) in [5, 5.41) is 0. The van der Waals surface area contributed by atoms with Crippen molar-refractivity contribution in [2.45, 2.75) is 57.8 Å². The van der Waals surface area contributed by atoms with E-state index in [2.05, 4.69) is 16.8 Å². The van der Waals surface area contributed by atoms with Gasteiger partial charge in [0.15, 0.2) is 0 Å². The van der Waals surface area contributed by atoms with Gasteiger partial charge in [0.25, 0.3) is 0 Å². The van der Waals surface area contributed by atoms with Crippen molar-refractivity contribution in [3.8, 4) is 0 Å². The molecule has 3 aliphatic rings. The monoisotopic (exact) mass is 292 g/mol. The third kappa shape index (κ3) is 3.80. The molecule has 0 aromatic rings. The molecule has 0 bridgehead atoms. The topological polar surface area (TPSA) is 23.6 Å². The van der Waals surface area contributed by atoms with Crippen LogP contribution in [0.4, 0.5) is 0 Å². The standard InChI is InChI=1S/C18H32N2O/c1-19-11-7-15(8-12-19)16-9-13-20(14-10-16)18(21)17-5-3-2-4-6-17/h15-17H,2-14H2,1H3. The Morgan fingerprint density at radius 3 is 1.86 bits per heavy atom. The summed E-state index contributed by atoms with van der Waals surface area (Å²) in [4.78, 5) is 17.3. The lowest BCUT2D eigenvalue weighted by Gasteiger charge is -2.40. The summed E-state index contributed by atoms with van der Waals surface area (Å²) in [6.45, 7) is 4.61. The fourth-order valence-electron chi connectivity index (χ4n) is 4.70. The predicted octanol–water partition coefficient (Wildman–Crippen LogP) is 3.15. The first-order chi connectivity index (χ1) is 10.2. The molecular formula is C18H32N2O. The van der Waals surface area contributed by atoms with Gasteiger partial charge in [0.2, 0.25) is 5.91 Å². The number of piperidine rings is 2. The Hall–Kier alpha value is -0.570. The van der Waals surface area contributed by atoms with Crippen molar-refractivity contribution in [1.29, 1.82) is 0 Å². The molecule has 0 N–H and O–H groups in total. The van der Waals surface area contributed by atoms with E-state index in [9.17, 15) is 4.79 Å². The quantitative estimate of drug-likeness (QED) is 0.780. The molecule has 1 aliphatic carbocycles. The van der Waals surface area contributed by atoms with Crippen LogP contribution < -0.4 is 0 Å². The third-order valence-corrected chi connectivity index (χ3v) is 6.24. The molecule has 0 aromatic heterocycles. The average molecular weight is 292 g/mol. The van der Waals surface area contributed by atoms with Crippen molar-refractivity contribution in [3.63, 3.8) is 0 Å². The molecular weight excluding hydrogens is 260 g/mol. The molecule has 2 aliphatic heterocycles. The first-order valence-corrected chi connectivity index (χ1v) is 9.21. The van der Waals surface area contributed by atoms with E-state index in [4.69, 9.17) is 0 Å². The third-order valence-electron chi connectivity index (χ3n) is 6.24. The minimum Gasteiger partial charge on any atom is -0.342 e. The van der Waals surface area contributed by atoms with E-state index >= 15 is 0 Å². The number of carbonyl (C=O) groups is 1. The van der Waals surface area contributed by atoms with E-state index in [-0.39, 0.29) is 0 Å². The van der Waals surface area contributed by atoms with Gasteiger partial charge in [-0.15, -0.1) is 0 Å². The van der Waals surface area contributed by atoms with Gasteiger partial charge >= 0.3 is 0 Å². The molecule has 3 rings (SSSR count). The van der Waals surface area contributed by atoms with Gasteiger partial charge in [-0.2, -0.15) is 0 Å². The normalized spacial score (nSPS) is 28.0. The summed E-state index contributed by atoms with van der Waals surface area (Å²) in [5.41, 5.74) is 0. The second-order valence-corrected chi connectivity index (χ2v) is 7.64. The number of carbonyl (C=O) groups excluding carboxylic acids is 1. The molecule has 0 aromatic carbocycles. The second kappa shape index (κ2) is 7.13. The molecule has 3 nitrogen and oxygen atoms in total. The Bertz CT molecular complexity index is 335. The van der Waals surface area contributed by atoms with Crippen LogP contribution in [0.15, 0.2) is 0 Å². The fourth-order valence-corrected chi connectivity index (χ4v) is 4.70. The van der Waals surface area contributed by atoms with Crippen LogP contribution in [-0.2, 0) is 4.79 Å². The molecule has 0 spiro atoms. The zero-order chi connectivity index (χ0) is 14.7. The van der Waals surface area contributed by atoms with E-state index in [0.717, 1.165) is 37.8 Å². The number of hydrogen-bond donors (Lipinski definition) is 0. The Labute approximate surface area is 130 Å². The van der Waals surface area contributed by atoms with Crippen LogP contribution in [-0.4, -0.2) is 48.9 Å². The molecule has 2 saturated heterocycles. The molecule has 3 heteroatoms. The maximum Gasteiger partial charge on any atom is 0.225 e. The van der Waals surface area contributed by atoms with Gasteiger partial charge in [-0.3, -0.25) is 4.79 Å². The van der Waals surface area contributed by atoms with Gasteiger partial charge in [-0.05, 0) is 70.5 Å². The number of nitrogens with zero attached hydrogens (tertiary/aromatic N) is 2. The number of likely N-dealkylation sites (tertiary alicyclic amines) is 2. The molecule has 120 valence electrons. The summed E-state index contributed by atoms with van der Waals surface area (Å²) < 4.78 is 0. The molecule has 3 fully saturated rings. The highest BCUT2D eigenvalue weighted by Gasteiger charge is 2.32. The Balaban J connectivity index is 1.45. The van der Waals surface area contributed by atoms with Crippen LogP contribution in [0.2, 0.25) is 0 Å². The molecule has 0 unspecified atom stereocenters. The largest absolute Gasteiger partial charge is 0.342 e. The molecule has 21 heavy (non-hydrogen) atoms. The highest BCUT2D eigenvalue weighted by atomic mass is 16.2. The summed E-state index contributed by atoms with van der Waals surface area (Å²) in [5.74, 6) is 2.65. The summed E-state index contributed by atoms with van der Waals surface area (Å²) in [6, 6.07) is 0. The van der Waals surface area contributed by atoms with Crippen molar-refractivity contribution < 1.29 is 4.79 Å². The lowest BCUT2D eigenvalue weighted by Crippen LogP contribution is -2.44. The Kier molecular flexibility index (Phi) is 5.20. The van der Waals surface area contributed by atoms with Crippen LogP contribution in [0.1, 0.15) is 57.8 Å². The van der Waals surface area contributed by atoms with E-state index in [1.54, 1.807) is 0 Å². The molecule has 1 saturated carbocycles. The number of amides is 1. The van der Waals surface area contributed by atoms with Gasteiger partial charge in [-0.1, -0.05) is 19.3 Å². The predicted molar refractivity (Wildman–Crippen MR) is 86.1 cm³/mol. The second-order valence-electron chi connectivity index (χ2n) is 7.64. The minimum absolute atomic E-state index is 0.360. The van der Waals surface area contributed by atoms with E-state index < -0.39 is 0 Å². The Morgan fingerprint density at radius 2 is 1.29 bits per heavy atom. The summed E-state index contributed by atoms with van der Waals surface area (Å²) in [6.07, 6.45) is 11.4. The van der Waals surface area contributed by atoms with Crippen molar-refractivity contribution in [2.24, 2.45) is 17.8 Å². The van der Waals surface area contributed by atoms with Gasteiger partial charge in [-0.25, -0.2) is 0 Å². The zero-order valence-corrected chi connectivity index (χ0v) is 13.7. The SMILES string of the molecule is CN1CCC(C2CCN(C(=O)C3CCCCC3)CC2)CC1. The Morgan fingerprint density at radius 1 is 0.762 bits per heavy atom. The molecule has 1 amide bonds. The lowest BCUT2D eigenvalue weighted by molar-refractivity contribution is -0.138. The van der Waals surface area contributed by atoms with Crippen LogP contribution in [0.25, 0.3) is 0 Å². The summed E-state index contributed by atoms with van der Waals surface area (Å²) >= 11 is 0. The number of hydrogen-bond acceptors (Lipinski definition) is 2. The molecule has 0 atom stereocenters. The van der Waals surface area contributed by atoms with Crippen LogP contribution >= 0.6 is 0 Å². The van der Waals surface area contributed by atoms with E-state index in [1.165, 1.54) is 58.0 Å². The minimum atomic E-state index is 0.360. The fraction of sp³-hybridized carbons (Fsp3) is 0.944. The highest BCUT2D eigenvalue weighted by Crippen LogP contribution is 2.33. The lowest BCUT2D eigenvalue weighted by atomic mass is 9.78. The smallest absolute Gasteiger partial charge is 0.225 e. The van der Waals surface area contributed by atoms with Crippen LogP contribution in [0.5, 0.6) is 0 Å². The van der Waals surface area contributed by atoms with Gasteiger partial charge in [0, 0.05) is 19.0 Å². The van der Waals surface area contributed by atoms with Gasteiger partial charge in [0.05, 0.1) is 0 Å². The van der Waals surface area contributed by atoms with Crippen molar-refractivity contribution >= 4 is 5.91 Å². The summed E-state index contributed by atoms with van der Waals surface area (Å²) in [7, 11) is 2.24. The van der Waals surface area contributed by atoms with Crippen LogP contribution in [0, 0.1) is 17.8 Å². The molecule has 0 radical (unpaired) electrons. The zero-order valence-electron chi connectivity index (χ0n) is 13.7. The first kappa shape index (κ1) is 15.3. The van der Waals surface area contributed by atoms with E-state index in [1.807, 2.05) is 0 Å². The maximum atomic E-state index is 12.6. The van der Waals surface area contributed by atoms with Crippen molar-refractivity contribution in [1.82, 2.24) is 9.80 Å². The van der Waals surface area contributed by atoms with E-state index in [0.29, 0.717) is 11.8 Å². The van der Waals surface area contributed by atoms with Crippen molar-refractivity contribution in [3.05, 3.63) is 0 Å². The first-order valence-electron chi connectivity index (χ1n) is 9.21. The highest BCUT2D eigenvalue weighted by molar-refractivity contribution is 5.79. The van der Waals surface area contributed by atoms with Gasteiger partial charge in [0.1, 0.15) is 0 Å². The van der Waals surface area contributed by atoms with Gasteiger partial charge < -0.3 is 9.80 Å². The number of rotatable bonds is 2.